The van der Waals surface area contributed by atoms with Crippen molar-refractivity contribution in [2.24, 2.45) is 5.92 Å². The van der Waals surface area contributed by atoms with E-state index in [1.54, 1.807) is 0 Å². The average Bonchev–Trinajstić information content (AvgIpc) is 2.49. The summed E-state index contributed by atoms with van der Waals surface area (Å²) in [5, 5.41) is 8.81. The Hall–Kier alpha value is -0.590. The molecule has 0 saturated carbocycles. The fourth-order valence-electron chi connectivity index (χ4n) is 2.36. The van der Waals surface area contributed by atoms with E-state index >= 15 is 0 Å². The largest absolute Gasteiger partial charge is 0.298 e. The lowest BCUT2D eigenvalue weighted by Gasteiger charge is -2.46. The highest BCUT2D eigenvalue weighted by Crippen LogP contribution is 2.24. The summed E-state index contributed by atoms with van der Waals surface area (Å²) in [6, 6.07) is 3.79. The van der Waals surface area contributed by atoms with Gasteiger partial charge < -0.3 is 0 Å². The maximum Gasteiger partial charge on any atom is 0.0669 e. The van der Waals surface area contributed by atoms with Crippen LogP contribution in [-0.2, 0) is 0 Å². The van der Waals surface area contributed by atoms with Gasteiger partial charge in [0.1, 0.15) is 0 Å². The molecule has 0 aromatic rings. The lowest BCUT2D eigenvalue weighted by molar-refractivity contribution is 0.0249. The third-order valence-corrected chi connectivity index (χ3v) is 3.54. The van der Waals surface area contributed by atoms with Gasteiger partial charge in [0.2, 0.25) is 0 Å². The van der Waals surface area contributed by atoms with E-state index in [1.165, 1.54) is 13.1 Å². The molecule has 2 heterocycles. The summed E-state index contributed by atoms with van der Waals surface area (Å²) < 4.78 is 0. The molecule has 3 nitrogen and oxygen atoms in total. The minimum atomic E-state index is 0.295. The third-order valence-electron chi connectivity index (χ3n) is 3.54. The first-order chi connectivity index (χ1) is 6.70. The van der Waals surface area contributed by atoms with Gasteiger partial charge in [0.05, 0.1) is 12.0 Å². The van der Waals surface area contributed by atoms with E-state index < -0.39 is 0 Å². The molecule has 2 aliphatic rings. The summed E-state index contributed by atoms with van der Waals surface area (Å²) in [7, 11) is 0. The molecule has 2 fully saturated rings. The fraction of sp³-hybridized carbons (Fsp3) is 0.909. The number of nitrogens with zero attached hydrogens (tertiary/aromatic N) is 3. The molecular weight excluding hydrogens is 174 g/mol. The van der Waals surface area contributed by atoms with Crippen molar-refractivity contribution in [2.75, 3.05) is 26.2 Å². The smallest absolute Gasteiger partial charge is 0.0669 e. The molecule has 2 aliphatic heterocycles. The number of rotatable bonds is 2. The second-order valence-corrected chi connectivity index (χ2v) is 4.81. The van der Waals surface area contributed by atoms with Crippen LogP contribution in [0.5, 0.6) is 0 Å². The molecular formula is C11H19N3. The highest BCUT2D eigenvalue weighted by atomic mass is 15.3. The van der Waals surface area contributed by atoms with E-state index in [0.29, 0.717) is 12.0 Å². The number of nitriles is 1. The Balaban J connectivity index is 1.76. The van der Waals surface area contributed by atoms with Crippen molar-refractivity contribution >= 4 is 0 Å². The van der Waals surface area contributed by atoms with Gasteiger partial charge in [-0.05, 0) is 26.8 Å². The Morgan fingerprint density at radius 2 is 2.00 bits per heavy atom. The lowest BCUT2D eigenvalue weighted by Crippen LogP contribution is -2.60. The summed E-state index contributed by atoms with van der Waals surface area (Å²) >= 11 is 0. The van der Waals surface area contributed by atoms with E-state index in [1.807, 2.05) is 0 Å². The topological polar surface area (TPSA) is 30.3 Å². The van der Waals surface area contributed by atoms with Crippen LogP contribution in [-0.4, -0.2) is 48.1 Å². The highest BCUT2D eigenvalue weighted by Gasteiger charge is 2.36. The normalized spacial score (nSPS) is 30.6. The maximum absolute atomic E-state index is 8.81. The second-order valence-electron chi connectivity index (χ2n) is 4.81. The van der Waals surface area contributed by atoms with Gasteiger partial charge in [0.15, 0.2) is 0 Å². The molecule has 78 valence electrons. The first kappa shape index (κ1) is 9.95. The monoisotopic (exact) mass is 193 g/mol. The van der Waals surface area contributed by atoms with Gasteiger partial charge in [-0.2, -0.15) is 5.26 Å². The fourth-order valence-corrected chi connectivity index (χ4v) is 2.36. The molecule has 0 aliphatic carbocycles. The van der Waals surface area contributed by atoms with Gasteiger partial charge in [-0.15, -0.1) is 0 Å². The third kappa shape index (κ3) is 1.77. The number of hydrogen-bond acceptors (Lipinski definition) is 3. The minimum absolute atomic E-state index is 0.295. The van der Waals surface area contributed by atoms with Crippen LogP contribution in [0.15, 0.2) is 0 Å². The predicted octanol–water partition coefficient (Wildman–Crippen LogP) is 0.924. The van der Waals surface area contributed by atoms with Crippen molar-refractivity contribution in [3.63, 3.8) is 0 Å². The molecule has 2 saturated heterocycles. The van der Waals surface area contributed by atoms with Crippen LogP contribution in [0.3, 0.4) is 0 Å². The minimum Gasteiger partial charge on any atom is -0.298 e. The van der Waals surface area contributed by atoms with Crippen LogP contribution in [0.2, 0.25) is 0 Å². The molecule has 14 heavy (non-hydrogen) atoms. The van der Waals surface area contributed by atoms with Crippen LogP contribution in [0.4, 0.5) is 0 Å². The Morgan fingerprint density at radius 3 is 2.50 bits per heavy atom. The molecule has 2 rings (SSSR count). The highest BCUT2D eigenvalue weighted by molar-refractivity contribution is 4.97. The standard InChI is InChI=1S/C11H19N3/c1-9(2)14-7-11(8-14)13-4-3-10(5-12)6-13/h9-11H,3-4,6-8H2,1-2H3/t10-/m1/s1. The van der Waals surface area contributed by atoms with Crippen LogP contribution < -0.4 is 0 Å². The summed E-state index contributed by atoms with van der Waals surface area (Å²) in [6.07, 6.45) is 1.08. The van der Waals surface area contributed by atoms with E-state index in [0.717, 1.165) is 25.6 Å². The summed E-state index contributed by atoms with van der Waals surface area (Å²) in [5.41, 5.74) is 0. The summed E-state index contributed by atoms with van der Waals surface area (Å²) in [6.45, 7) is 9.05. The molecule has 0 amide bonds. The van der Waals surface area contributed by atoms with Gasteiger partial charge in [-0.1, -0.05) is 0 Å². The van der Waals surface area contributed by atoms with E-state index in [9.17, 15) is 0 Å². The van der Waals surface area contributed by atoms with Crippen molar-refractivity contribution in [1.29, 1.82) is 5.26 Å². The molecule has 0 N–H and O–H groups in total. The maximum atomic E-state index is 8.81. The second kappa shape index (κ2) is 3.88. The Kier molecular flexibility index (Phi) is 2.76. The molecule has 0 spiro atoms. The van der Waals surface area contributed by atoms with E-state index in [4.69, 9.17) is 5.26 Å². The number of hydrogen-bond donors (Lipinski definition) is 0. The van der Waals surface area contributed by atoms with Crippen molar-refractivity contribution in [3.05, 3.63) is 0 Å². The Bertz CT molecular complexity index is 237. The molecule has 0 bridgehead atoms. The van der Waals surface area contributed by atoms with Crippen LogP contribution in [0.25, 0.3) is 0 Å². The average molecular weight is 193 g/mol. The molecule has 0 aromatic carbocycles. The SMILES string of the molecule is CC(C)N1CC(N2CC[C@H](C#N)C2)C1. The van der Waals surface area contributed by atoms with E-state index in [-0.39, 0.29) is 0 Å². The van der Waals surface area contributed by atoms with Crippen molar-refractivity contribution in [3.8, 4) is 6.07 Å². The van der Waals surface area contributed by atoms with Crippen molar-refractivity contribution in [1.82, 2.24) is 9.80 Å². The van der Waals surface area contributed by atoms with Crippen molar-refractivity contribution < 1.29 is 0 Å². The van der Waals surface area contributed by atoms with Crippen LogP contribution >= 0.6 is 0 Å². The Labute approximate surface area is 86.3 Å². The molecule has 3 heteroatoms. The zero-order chi connectivity index (χ0) is 10.1. The molecule has 1 atom stereocenters. The zero-order valence-corrected chi connectivity index (χ0v) is 9.11. The lowest BCUT2D eigenvalue weighted by atomic mass is 10.1. The quantitative estimate of drug-likeness (QED) is 0.653. The van der Waals surface area contributed by atoms with Gasteiger partial charge in [0.25, 0.3) is 0 Å². The Morgan fingerprint density at radius 1 is 1.29 bits per heavy atom. The summed E-state index contributed by atoms with van der Waals surface area (Å²) in [4.78, 5) is 4.98. The van der Waals surface area contributed by atoms with Crippen LogP contribution in [0, 0.1) is 17.2 Å². The molecule has 0 radical (unpaired) electrons. The van der Waals surface area contributed by atoms with Gasteiger partial charge in [-0.25, -0.2) is 0 Å². The first-order valence-corrected chi connectivity index (χ1v) is 5.58. The van der Waals surface area contributed by atoms with Gasteiger partial charge >= 0.3 is 0 Å². The van der Waals surface area contributed by atoms with Crippen LogP contribution in [0.1, 0.15) is 20.3 Å². The zero-order valence-electron chi connectivity index (χ0n) is 9.11. The van der Waals surface area contributed by atoms with Gasteiger partial charge in [-0.3, -0.25) is 9.80 Å². The van der Waals surface area contributed by atoms with Crippen molar-refractivity contribution in [2.45, 2.75) is 32.4 Å². The molecule has 0 unspecified atom stereocenters. The van der Waals surface area contributed by atoms with Gasteiger partial charge in [0, 0.05) is 31.7 Å². The first-order valence-electron chi connectivity index (χ1n) is 5.58. The summed E-state index contributed by atoms with van der Waals surface area (Å²) in [5.74, 6) is 0.295. The predicted molar refractivity (Wildman–Crippen MR) is 55.8 cm³/mol. The molecule has 0 aromatic heterocycles. The number of likely N-dealkylation sites (tertiary alicyclic amines) is 2. The van der Waals surface area contributed by atoms with E-state index in [2.05, 4.69) is 29.7 Å².